The minimum atomic E-state index is -3.80. The molecule has 1 rings (SSSR count). The van der Waals surface area contributed by atoms with Gasteiger partial charge in [-0.3, -0.25) is 0 Å². The molecule has 0 fully saturated rings. The number of rotatable bonds is 4. The van der Waals surface area contributed by atoms with E-state index in [1.807, 2.05) is 0 Å². The van der Waals surface area contributed by atoms with E-state index in [2.05, 4.69) is 0 Å². The monoisotopic (exact) mass is 233 g/mol. The van der Waals surface area contributed by atoms with E-state index in [0.29, 0.717) is 18.6 Å². The largest absolute Gasteiger partial charge is 0.384 e. The third kappa shape index (κ3) is 3.26. The number of hydrogen-bond donors (Lipinski definition) is 1. The molecule has 2 N–H and O–H groups in total. The summed E-state index contributed by atoms with van der Waals surface area (Å²) in [5.74, 6) is -0.492. The first-order valence-corrected chi connectivity index (χ1v) is 5.80. The maximum Gasteiger partial charge on any atom is 0.238 e. The summed E-state index contributed by atoms with van der Waals surface area (Å²) >= 11 is 0. The molecule has 0 saturated carbocycles. The van der Waals surface area contributed by atoms with Crippen molar-refractivity contribution in [3.8, 4) is 0 Å². The third-order valence-corrected chi connectivity index (χ3v) is 2.92. The quantitative estimate of drug-likeness (QED) is 0.830. The number of benzene rings is 1. The van der Waals surface area contributed by atoms with Crippen molar-refractivity contribution in [2.75, 3.05) is 13.7 Å². The lowest BCUT2D eigenvalue weighted by Crippen LogP contribution is -2.15. The van der Waals surface area contributed by atoms with Crippen LogP contribution in [0.2, 0.25) is 0 Å². The SMILES string of the molecule is COCCc1cc(F)ccc1S(N)(=O)=O. The van der Waals surface area contributed by atoms with Crippen molar-refractivity contribution in [3.63, 3.8) is 0 Å². The van der Waals surface area contributed by atoms with Crippen molar-refractivity contribution >= 4 is 10.0 Å². The molecule has 4 nitrogen and oxygen atoms in total. The molecule has 84 valence electrons. The number of halogens is 1. The average molecular weight is 233 g/mol. The van der Waals surface area contributed by atoms with Crippen LogP contribution < -0.4 is 5.14 Å². The smallest absolute Gasteiger partial charge is 0.238 e. The van der Waals surface area contributed by atoms with E-state index in [-0.39, 0.29) is 4.90 Å². The topological polar surface area (TPSA) is 69.4 Å². The third-order valence-electron chi connectivity index (χ3n) is 1.90. The van der Waals surface area contributed by atoms with Gasteiger partial charge >= 0.3 is 0 Å². The van der Waals surface area contributed by atoms with Crippen LogP contribution in [0.5, 0.6) is 0 Å². The zero-order chi connectivity index (χ0) is 11.5. The minimum absolute atomic E-state index is 0.0547. The van der Waals surface area contributed by atoms with Gasteiger partial charge in [0.15, 0.2) is 0 Å². The summed E-state index contributed by atoms with van der Waals surface area (Å²) < 4.78 is 40.0. The fraction of sp³-hybridized carbons (Fsp3) is 0.333. The molecule has 0 aliphatic carbocycles. The van der Waals surface area contributed by atoms with E-state index in [9.17, 15) is 12.8 Å². The second kappa shape index (κ2) is 4.69. The Bertz CT molecular complexity index is 445. The normalized spacial score (nSPS) is 11.7. The fourth-order valence-corrected chi connectivity index (χ4v) is 2.02. The van der Waals surface area contributed by atoms with Crippen LogP contribution in [0.4, 0.5) is 4.39 Å². The van der Waals surface area contributed by atoms with E-state index in [0.717, 1.165) is 18.2 Å². The second-order valence-electron chi connectivity index (χ2n) is 3.04. The molecule has 15 heavy (non-hydrogen) atoms. The molecule has 0 bridgehead atoms. The number of ether oxygens (including phenoxy) is 1. The van der Waals surface area contributed by atoms with Crippen molar-refractivity contribution < 1.29 is 17.5 Å². The number of methoxy groups -OCH3 is 1. The standard InChI is InChI=1S/C9H12FNO3S/c1-14-5-4-7-6-8(10)2-3-9(7)15(11,12)13/h2-3,6H,4-5H2,1H3,(H2,11,12,13). The summed E-state index contributed by atoms with van der Waals surface area (Å²) in [6.45, 7) is 0.311. The van der Waals surface area contributed by atoms with E-state index in [4.69, 9.17) is 9.88 Å². The molecule has 6 heteroatoms. The molecule has 0 atom stereocenters. The lowest BCUT2D eigenvalue weighted by Gasteiger charge is -2.07. The first kappa shape index (κ1) is 12.1. The van der Waals surface area contributed by atoms with Crippen molar-refractivity contribution in [2.24, 2.45) is 5.14 Å². The Labute approximate surface area is 87.9 Å². The van der Waals surface area contributed by atoms with E-state index < -0.39 is 15.8 Å². The van der Waals surface area contributed by atoms with Gasteiger partial charge in [-0.15, -0.1) is 0 Å². The Hall–Kier alpha value is -0.980. The van der Waals surface area contributed by atoms with Gasteiger partial charge < -0.3 is 4.74 Å². The van der Waals surface area contributed by atoms with Gasteiger partial charge in [0.25, 0.3) is 0 Å². The van der Waals surface area contributed by atoms with Crippen molar-refractivity contribution in [1.29, 1.82) is 0 Å². The molecule has 1 aromatic carbocycles. The van der Waals surface area contributed by atoms with Gasteiger partial charge in [-0.25, -0.2) is 17.9 Å². The highest BCUT2D eigenvalue weighted by molar-refractivity contribution is 7.89. The molecule has 0 aliphatic rings. The first-order valence-electron chi connectivity index (χ1n) is 4.25. The molecule has 0 unspecified atom stereocenters. The first-order chi connectivity index (χ1) is 6.95. The molecule has 0 radical (unpaired) electrons. The lowest BCUT2D eigenvalue weighted by atomic mass is 10.1. The Morgan fingerprint density at radius 3 is 2.67 bits per heavy atom. The highest BCUT2D eigenvalue weighted by Gasteiger charge is 2.14. The predicted molar refractivity (Wildman–Crippen MR) is 53.4 cm³/mol. The molecule has 0 amide bonds. The summed E-state index contributed by atoms with van der Waals surface area (Å²) in [5.41, 5.74) is 0.333. The molecular formula is C9H12FNO3S. The second-order valence-corrected chi connectivity index (χ2v) is 4.57. The van der Waals surface area contributed by atoms with Crippen LogP contribution >= 0.6 is 0 Å². The van der Waals surface area contributed by atoms with E-state index in [1.54, 1.807) is 0 Å². The molecule has 1 aromatic rings. The Kier molecular flexibility index (Phi) is 3.78. The van der Waals surface area contributed by atoms with Gasteiger partial charge in [-0.1, -0.05) is 0 Å². The Balaban J connectivity index is 3.15. The highest BCUT2D eigenvalue weighted by atomic mass is 32.2. The van der Waals surface area contributed by atoms with Crippen LogP contribution in [0, 0.1) is 5.82 Å². The number of primary sulfonamides is 1. The van der Waals surface area contributed by atoms with Crippen LogP contribution in [0.3, 0.4) is 0 Å². The molecular weight excluding hydrogens is 221 g/mol. The number of nitrogens with two attached hydrogens (primary N) is 1. The van der Waals surface area contributed by atoms with Crippen LogP contribution in [0.15, 0.2) is 23.1 Å². The molecule has 0 aliphatic heterocycles. The highest BCUT2D eigenvalue weighted by Crippen LogP contribution is 2.16. The van der Waals surface area contributed by atoms with Crippen molar-refractivity contribution in [3.05, 3.63) is 29.6 Å². The molecule has 0 spiro atoms. The van der Waals surface area contributed by atoms with Gasteiger partial charge in [0, 0.05) is 7.11 Å². The van der Waals surface area contributed by atoms with Gasteiger partial charge in [-0.05, 0) is 30.2 Å². The van der Waals surface area contributed by atoms with Crippen molar-refractivity contribution in [1.82, 2.24) is 0 Å². The molecule has 0 heterocycles. The summed E-state index contributed by atoms with van der Waals surface area (Å²) in [4.78, 5) is -0.0547. The predicted octanol–water partition coefficient (Wildman–Crippen LogP) is 0.662. The fourth-order valence-electron chi connectivity index (χ4n) is 1.23. The molecule has 0 saturated heterocycles. The van der Waals surface area contributed by atoms with Gasteiger partial charge in [-0.2, -0.15) is 0 Å². The van der Waals surface area contributed by atoms with Gasteiger partial charge in [0.05, 0.1) is 11.5 Å². The van der Waals surface area contributed by atoms with Gasteiger partial charge in [0.2, 0.25) is 10.0 Å². The zero-order valence-corrected chi connectivity index (χ0v) is 9.05. The maximum absolute atomic E-state index is 12.9. The van der Waals surface area contributed by atoms with Crippen LogP contribution in [-0.2, 0) is 21.2 Å². The van der Waals surface area contributed by atoms with E-state index >= 15 is 0 Å². The lowest BCUT2D eigenvalue weighted by molar-refractivity contribution is 0.201. The summed E-state index contributed by atoms with van der Waals surface area (Å²) in [7, 11) is -2.32. The van der Waals surface area contributed by atoms with E-state index in [1.165, 1.54) is 7.11 Å². The van der Waals surface area contributed by atoms with Crippen molar-refractivity contribution in [2.45, 2.75) is 11.3 Å². The number of hydrogen-bond acceptors (Lipinski definition) is 3. The maximum atomic E-state index is 12.9. The van der Waals surface area contributed by atoms with Crippen LogP contribution in [0.25, 0.3) is 0 Å². The molecule has 0 aromatic heterocycles. The number of sulfonamides is 1. The minimum Gasteiger partial charge on any atom is -0.384 e. The zero-order valence-electron chi connectivity index (χ0n) is 8.23. The van der Waals surface area contributed by atoms with Crippen LogP contribution in [0.1, 0.15) is 5.56 Å². The summed E-state index contributed by atoms with van der Waals surface area (Å²) in [6.07, 6.45) is 0.306. The Morgan fingerprint density at radius 2 is 2.13 bits per heavy atom. The van der Waals surface area contributed by atoms with Gasteiger partial charge in [0.1, 0.15) is 5.82 Å². The summed E-state index contributed by atoms with van der Waals surface area (Å²) in [6, 6.07) is 3.38. The van der Waals surface area contributed by atoms with Crippen LogP contribution in [-0.4, -0.2) is 22.1 Å². The summed E-state index contributed by atoms with van der Waals surface area (Å²) in [5, 5.41) is 4.99. The average Bonchev–Trinajstić information content (AvgIpc) is 2.12. The Morgan fingerprint density at radius 1 is 1.47 bits per heavy atom.